The van der Waals surface area contributed by atoms with E-state index < -0.39 is 0 Å². The SMILES string of the molecule is Cc1nc([C@@H]2CN([C@H]3CCN(c4ccccc4)C3=O)CCO2)n[nH]1. The Labute approximate surface area is 140 Å². The summed E-state index contributed by atoms with van der Waals surface area (Å²) in [4.78, 5) is 21.3. The monoisotopic (exact) mass is 327 g/mol. The third-order valence-electron chi connectivity index (χ3n) is 4.69. The molecule has 24 heavy (non-hydrogen) atoms. The van der Waals surface area contributed by atoms with Crippen molar-refractivity contribution < 1.29 is 9.53 Å². The van der Waals surface area contributed by atoms with Crippen LogP contribution in [0.25, 0.3) is 0 Å². The number of aromatic nitrogens is 3. The Morgan fingerprint density at radius 3 is 2.83 bits per heavy atom. The van der Waals surface area contributed by atoms with E-state index >= 15 is 0 Å². The van der Waals surface area contributed by atoms with Crippen LogP contribution in [0.2, 0.25) is 0 Å². The van der Waals surface area contributed by atoms with Crippen LogP contribution >= 0.6 is 0 Å². The first-order valence-electron chi connectivity index (χ1n) is 8.33. The highest BCUT2D eigenvalue weighted by Crippen LogP contribution is 2.27. The molecule has 1 N–H and O–H groups in total. The number of ether oxygens (including phenoxy) is 1. The van der Waals surface area contributed by atoms with Crippen molar-refractivity contribution in [2.75, 3.05) is 31.1 Å². The van der Waals surface area contributed by atoms with Gasteiger partial charge in [-0.2, -0.15) is 5.10 Å². The normalized spacial score (nSPS) is 25.4. The average Bonchev–Trinajstić information content (AvgIpc) is 3.22. The van der Waals surface area contributed by atoms with Gasteiger partial charge in [0.25, 0.3) is 0 Å². The maximum atomic E-state index is 12.9. The molecule has 0 aliphatic carbocycles. The van der Waals surface area contributed by atoms with Crippen molar-refractivity contribution in [1.29, 1.82) is 0 Å². The zero-order valence-corrected chi connectivity index (χ0v) is 13.7. The number of hydrogen-bond donors (Lipinski definition) is 1. The maximum Gasteiger partial charge on any atom is 0.244 e. The van der Waals surface area contributed by atoms with Crippen molar-refractivity contribution in [3.63, 3.8) is 0 Å². The number of amides is 1. The highest BCUT2D eigenvalue weighted by molar-refractivity contribution is 5.99. The number of nitrogens with one attached hydrogen (secondary N) is 1. The molecule has 2 fully saturated rings. The number of H-pyrrole nitrogens is 1. The molecule has 0 radical (unpaired) electrons. The highest BCUT2D eigenvalue weighted by Gasteiger charge is 2.39. The van der Waals surface area contributed by atoms with Crippen molar-refractivity contribution in [3.8, 4) is 0 Å². The van der Waals surface area contributed by atoms with E-state index in [1.54, 1.807) is 0 Å². The quantitative estimate of drug-likeness (QED) is 0.919. The van der Waals surface area contributed by atoms with Crippen LogP contribution in [0.5, 0.6) is 0 Å². The Kier molecular flexibility index (Phi) is 4.03. The van der Waals surface area contributed by atoms with Crippen LogP contribution in [0.1, 0.15) is 24.2 Å². The van der Waals surface area contributed by atoms with Crippen molar-refractivity contribution >= 4 is 11.6 Å². The number of morpholine rings is 1. The van der Waals surface area contributed by atoms with E-state index in [1.165, 1.54) is 0 Å². The van der Waals surface area contributed by atoms with Gasteiger partial charge in [0.1, 0.15) is 11.9 Å². The van der Waals surface area contributed by atoms with Gasteiger partial charge in [-0.1, -0.05) is 18.2 Å². The second kappa shape index (κ2) is 6.33. The molecule has 0 bridgehead atoms. The molecule has 1 amide bonds. The number of rotatable bonds is 3. The lowest BCUT2D eigenvalue weighted by atomic mass is 10.1. The third-order valence-corrected chi connectivity index (χ3v) is 4.69. The first-order chi connectivity index (χ1) is 11.7. The number of aryl methyl sites for hydroxylation is 1. The Morgan fingerprint density at radius 2 is 2.08 bits per heavy atom. The minimum Gasteiger partial charge on any atom is -0.367 e. The Bertz CT molecular complexity index is 717. The lowest BCUT2D eigenvalue weighted by Crippen LogP contribution is -2.48. The van der Waals surface area contributed by atoms with Crippen LogP contribution < -0.4 is 4.90 Å². The van der Waals surface area contributed by atoms with Crippen LogP contribution in [0.15, 0.2) is 30.3 Å². The molecular formula is C17H21N5O2. The second-order valence-electron chi connectivity index (χ2n) is 6.26. The molecule has 126 valence electrons. The Morgan fingerprint density at radius 1 is 1.25 bits per heavy atom. The molecule has 2 aliphatic heterocycles. The second-order valence-corrected chi connectivity index (χ2v) is 6.26. The fraction of sp³-hybridized carbons (Fsp3) is 0.471. The van der Waals surface area contributed by atoms with E-state index in [0.717, 1.165) is 31.0 Å². The van der Waals surface area contributed by atoms with Gasteiger partial charge in [-0.15, -0.1) is 0 Å². The van der Waals surface area contributed by atoms with Crippen LogP contribution in [0.3, 0.4) is 0 Å². The largest absolute Gasteiger partial charge is 0.367 e. The summed E-state index contributed by atoms with van der Waals surface area (Å²) in [6, 6.07) is 9.78. The smallest absolute Gasteiger partial charge is 0.244 e. The minimum absolute atomic E-state index is 0.0864. The van der Waals surface area contributed by atoms with E-state index in [4.69, 9.17) is 4.74 Å². The molecule has 0 unspecified atom stereocenters. The van der Waals surface area contributed by atoms with E-state index in [-0.39, 0.29) is 18.1 Å². The molecule has 0 spiro atoms. The van der Waals surface area contributed by atoms with Gasteiger partial charge < -0.3 is 9.64 Å². The topological polar surface area (TPSA) is 74.3 Å². The van der Waals surface area contributed by atoms with Crippen LogP contribution in [-0.2, 0) is 9.53 Å². The van der Waals surface area contributed by atoms with Gasteiger partial charge in [0, 0.05) is 25.3 Å². The van der Waals surface area contributed by atoms with Gasteiger partial charge in [0.2, 0.25) is 5.91 Å². The molecule has 1 aromatic carbocycles. The summed E-state index contributed by atoms with van der Waals surface area (Å²) in [5, 5.41) is 7.05. The summed E-state index contributed by atoms with van der Waals surface area (Å²) in [7, 11) is 0. The van der Waals surface area contributed by atoms with Crippen molar-refractivity contribution in [2.45, 2.75) is 25.5 Å². The van der Waals surface area contributed by atoms with Crippen LogP contribution in [0.4, 0.5) is 5.69 Å². The molecule has 7 heteroatoms. The predicted molar refractivity (Wildman–Crippen MR) is 88.6 cm³/mol. The molecule has 0 saturated carbocycles. The summed E-state index contributed by atoms with van der Waals surface area (Å²) >= 11 is 0. The van der Waals surface area contributed by atoms with E-state index in [9.17, 15) is 4.79 Å². The molecule has 2 atom stereocenters. The van der Waals surface area contributed by atoms with Gasteiger partial charge in [-0.25, -0.2) is 4.98 Å². The summed E-state index contributed by atoms with van der Waals surface area (Å²) in [5.74, 6) is 1.62. The van der Waals surface area contributed by atoms with Crippen LogP contribution in [0, 0.1) is 6.92 Å². The highest BCUT2D eigenvalue weighted by atomic mass is 16.5. The number of aromatic amines is 1. The third kappa shape index (κ3) is 2.81. The van der Waals surface area contributed by atoms with Crippen molar-refractivity contribution in [1.82, 2.24) is 20.1 Å². The average molecular weight is 327 g/mol. The number of hydrogen-bond acceptors (Lipinski definition) is 5. The minimum atomic E-state index is -0.178. The number of anilines is 1. The molecule has 7 nitrogen and oxygen atoms in total. The number of para-hydroxylation sites is 1. The van der Waals surface area contributed by atoms with Gasteiger partial charge in [-0.05, 0) is 25.5 Å². The molecule has 2 aliphatic rings. The van der Waals surface area contributed by atoms with E-state index in [0.29, 0.717) is 19.0 Å². The van der Waals surface area contributed by atoms with Gasteiger partial charge in [-0.3, -0.25) is 14.8 Å². The predicted octanol–water partition coefficient (Wildman–Crippen LogP) is 1.29. The molecule has 1 aromatic heterocycles. The van der Waals surface area contributed by atoms with Gasteiger partial charge >= 0.3 is 0 Å². The number of carbonyl (C=O) groups excluding carboxylic acids is 1. The van der Waals surface area contributed by atoms with Gasteiger partial charge in [0.15, 0.2) is 5.82 Å². The number of nitrogens with zero attached hydrogens (tertiary/aromatic N) is 4. The van der Waals surface area contributed by atoms with Crippen LogP contribution in [-0.4, -0.2) is 58.3 Å². The standard InChI is InChI=1S/C17H21N5O2/c1-12-18-16(20-19-12)15-11-21(9-10-24-15)14-7-8-22(17(14)23)13-5-3-2-4-6-13/h2-6,14-15H,7-11H2,1H3,(H,18,19,20)/t14-,15-/m0/s1. The zero-order valence-electron chi connectivity index (χ0n) is 13.7. The lowest BCUT2D eigenvalue weighted by Gasteiger charge is -2.34. The molecule has 2 aromatic rings. The summed E-state index contributed by atoms with van der Waals surface area (Å²) in [6.07, 6.45) is 0.662. The molecule has 3 heterocycles. The number of benzene rings is 1. The summed E-state index contributed by atoms with van der Waals surface area (Å²) in [5.41, 5.74) is 0.972. The maximum absolute atomic E-state index is 12.9. The van der Waals surface area contributed by atoms with Gasteiger partial charge in [0.05, 0.1) is 12.6 Å². The first-order valence-corrected chi connectivity index (χ1v) is 8.33. The Hall–Kier alpha value is -2.25. The molecular weight excluding hydrogens is 306 g/mol. The summed E-state index contributed by atoms with van der Waals surface area (Å²) in [6.45, 7) is 4.63. The molecule has 2 saturated heterocycles. The fourth-order valence-electron chi connectivity index (χ4n) is 3.48. The first kappa shape index (κ1) is 15.3. The van der Waals surface area contributed by atoms with Crippen molar-refractivity contribution in [2.24, 2.45) is 0 Å². The summed E-state index contributed by atoms with van der Waals surface area (Å²) < 4.78 is 5.80. The Balaban J connectivity index is 1.47. The van der Waals surface area contributed by atoms with E-state index in [2.05, 4.69) is 20.1 Å². The lowest BCUT2D eigenvalue weighted by molar-refractivity contribution is -0.125. The molecule has 4 rings (SSSR count). The van der Waals surface area contributed by atoms with Crippen molar-refractivity contribution in [3.05, 3.63) is 42.0 Å². The fourth-order valence-corrected chi connectivity index (χ4v) is 3.48. The number of carbonyl (C=O) groups is 1. The van der Waals surface area contributed by atoms with E-state index in [1.807, 2.05) is 42.2 Å². The zero-order chi connectivity index (χ0) is 16.5.